The van der Waals surface area contributed by atoms with Crippen molar-refractivity contribution in [3.05, 3.63) is 65.7 Å². The van der Waals surface area contributed by atoms with Gasteiger partial charge in [0.25, 0.3) is 5.91 Å². The van der Waals surface area contributed by atoms with Crippen molar-refractivity contribution in [1.82, 2.24) is 4.90 Å². The predicted molar refractivity (Wildman–Crippen MR) is 115 cm³/mol. The van der Waals surface area contributed by atoms with E-state index in [4.69, 9.17) is 4.74 Å². The molecule has 0 unspecified atom stereocenters. The molecule has 0 aliphatic carbocycles. The molecule has 0 N–H and O–H groups in total. The molecule has 1 aliphatic rings. The number of benzene rings is 2. The molecule has 0 radical (unpaired) electrons. The first-order valence-electron chi connectivity index (χ1n) is 10.2. The van der Waals surface area contributed by atoms with E-state index in [2.05, 4.69) is 12.1 Å². The van der Waals surface area contributed by atoms with Gasteiger partial charge in [0.2, 0.25) is 0 Å². The lowest BCUT2D eigenvalue weighted by Gasteiger charge is -2.33. The van der Waals surface area contributed by atoms with Crippen molar-refractivity contribution in [2.75, 3.05) is 18.1 Å². The molecule has 156 valence electrons. The quantitative estimate of drug-likeness (QED) is 0.662. The zero-order valence-corrected chi connectivity index (χ0v) is 17.9. The first-order chi connectivity index (χ1) is 13.9. The molecule has 5 nitrogen and oxygen atoms in total. The molecule has 1 aliphatic heterocycles. The second kappa shape index (κ2) is 9.44. The van der Waals surface area contributed by atoms with Gasteiger partial charge in [-0.2, -0.15) is 0 Å². The second-order valence-corrected chi connectivity index (χ2v) is 9.90. The highest BCUT2D eigenvalue weighted by Crippen LogP contribution is 2.24. The fraction of sp³-hybridized carbons (Fsp3) is 0.435. The molecule has 2 aromatic carbocycles. The largest absolute Gasteiger partial charge is 0.483 e. The number of hydrogen-bond donors (Lipinski definition) is 0. The highest BCUT2D eigenvalue weighted by Gasteiger charge is 2.36. The average Bonchev–Trinajstić information content (AvgIpc) is 3.07. The zero-order valence-electron chi connectivity index (χ0n) is 17.1. The van der Waals surface area contributed by atoms with E-state index in [0.29, 0.717) is 12.2 Å². The number of rotatable bonds is 8. The summed E-state index contributed by atoms with van der Waals surface area (Å²) < 4.78 is 29.7. The highest BCUT2D eigenvalue weighted by atomic mass is 32.2. The van der Waals surface area contributed by atoms with Gasteiger partial charge in [-0.15, -0.1) is 0 Å². The first kappa shape index (κ1) is 21.4. The summed E-state index contributed by atoms with van der Waals surface area (Å²) in [5.74, 6) is 0.732. The Morgan fingerprint density at radius 1 is 1.14 bits per heavy atom. The van der Waals surface area contributed by atoms with Crippen LogP contribution in [0.3, 0.4) is 0 Å². The number of hydrogen-bond acceptors (Lipinski definition) is 4. The Kier molecular flexibility index (Phi) is 6.96. The average molecular weight is 416 g/mol. The van der Waals surface area contributed by atoms with Gasteiger partial charge >= 0.3 is 0 Å². The maximum atomic E-state index is 13.0. The molecule has 6 heteroatoms. The van der Waals surface area contributed by atoms with Gasteiger partial charge in [-0.3, -0.25) is 4.79 Å². The van der Waals surface area contributed by atoms with E-state index in [9.17, 15) is 13.2 Å². The van der Waals surface area contributed by atoms with E-state index in [-0.39, 0.29) is 36.1 Å². The highest BCUT2D eigenvalue weighted by molar-refractivity contribution is 7.91. The Balaban J connectivity index is 1.70. The van der Waals surface area contributed by atoms with Gasteiger partial charge < -0.3 is 9.64 Å². The van der Waals surface area contributed by atoms with Crippen LogP contribution in [0, 0.1) is 0 Å². The number of carbonyl (C=O) groups is 1. The van der Waals surface area contributed by atoms with Crippen LogP contribution in [-0.4, -0.2) is 49.4 Å². The zero-order chi connectivity index (χ0) is 20.9. The van der Waals surface area contributed by atoms with Crippen LogP contribution in [0.25, 0.3) is 0 Å². The summed E-state index contributed by atoms with van der Waals surface area (Å²) in [4.78, 5) is 14.7. The van der Waals surface area contributed by atoms with Crippen molar-refractivity contribution < 1.29 is 17.9 Å². The van der Waals surface area contributed by atoms with Gasteiger partial charge in [-0.1, -0.05) is 55.5 Å². The first-order valence-corrected chi connectivity index (χ1v) is 12.0. The number of carbonyl (C=O) groups excluding carboxylic acids is 1. The molecule has 1 amide bonds. The summed E-state index contributed by atoms with van der Waals surface area (Å²) in [6.45, 7) is 3.88. The fourth-order valence-electron chi connectivity index (χ4n) is 3.82. The molecule has 0 saturated carbocycles. The maximum absolute atomic E-state index is 13.0. The Morgan fingerprint density at radius 3 is 2.48 bits per heavy atom. The minimum atomic E-state index is -3.06. The van der Waals surface area contributed by atoms with Crippen molar-refractivity contribution in [3.63, 3.8) is 0 Å². The van der Waals surface area contributed by atoms with Crippen molar-refractivity contribution in [3.8, 4) is 5.75 Å². The normalized spacial score (nSPS) is 18.9. The number of para-hydroxylation sites is 1. The number of amides is 1. The van der Waals surface area contributed by atoms with Gasteiger partial charge in [-0.05, 0) is 37.0 Å². The van der Waals surface area contributed by atoms with Crippen molar-refractivity contribution >= 4 is 15.7 Å². The lowest BCUT2D eigenvalue weighted by molar-refractivity contribution is -0.137. The minimum absolute atomic E-state index is 0.0241. The van der Waals surface area contributed by atoms with E-state index < -0.39 is 9.84 Å². The van der Waals surface area contributed by atoms with Crippen LogP contribution in [0.2, 0.25) is 0 Å². The summed E-state index contributed by atoms with van der Waals surface area (Å²) in [5.41, 5.74) is 2.19. The standard InChI is InChI=1S/C23H29NO4S/c1-3-18(2)24(21-13-14-29(26,27)17-21)23(25)16-28-22-12-8-7-11-20(22)15-19-9-5-4-6-10-19/h4-12,18,21H,3,13-17H2,1-2H3/t18-,21-/m1/s1. The summed E-state index contributed by atoms with van der Waals surface area (Å²) in [6.07, 6.45) is 2.00. The van der Waals surface area contributed by atoms with Crippen molar-refractivity contribution in [2.45, 2.75) is 45.2 Å². The van der Waals surface area contributed by atoms with Gasteiger partial charge in [0.1, 0.15) is 5.75 Å². The Morgan fingerprint density at radius 2 is 1.83 bits per heavy atom. The van der Waals surface area contributed by atoms with E-state index >= 15 is 0 Å². The van der Waals surface area contributed by atoms with E-state index in [1.807, 2.05) is 56.3 Å². The van der Waals surface area contributed by atoms with Crippen LogP contribution >= 0.6 is 0 Å². The lowest BCUT2D eigenvalue weighted by Crippen LogP contribution is -2.48. The van der Waals surface area contributed by atoms with Gasteiger partial charge in [0.15, 0.2) is 16.4 Å². The SMILES string of the molecule is CC[C@@H](C)N(C(=O)COc1ccccc1Cc1ccccc1)[C@@H]1CCS(=O)(=O)C1. The second-order valence-electron chi connectivity index (χ2n) is 7.67. The molecule has 3 rings (SSSR count). The minimum Gasteiger partial charge on any atom is -0.483 e. The number of nitrogens with zero attached hydrogens (tertiary/aromatic N) is 1. The predicted octanol–water partition coefficient (Wildman–Crippen LogP) is 3.47. The van der Waals surface area contributed by atoms with Gasteiger partial charge in [-0.25, -0.2) is 8.42 Å². The molecule has 0 spiro atoms. The third-order valence-electron chi connectivity index (χ3n) is 5.52. The topological polar surface area (TPSA) is 63.7 Å². The lowest BCUT2D eigenvalue weighted by atomic mass is 10.0. The molecule has 0 aromatic heterocycles. The van der Waals surface area contributed by atoms with Crippen molar-refractivity contribution in [1.29, 1.82) is 0 Å². The fourth-order valence-corrected chi connectivity index (χ4v) is 5.53. The van der Waals surface area contributed by atoms with E-state index in [0.717, 1.165) is 18.4 Å². The molecule has 29 heavy (non-hydrogen) atoms. The van der Waals surface area contributed by atoms with E-state index in [1.165, 1.54) is 5.56 Å². The molecular formula is C23H29NO4S. The number of sulfone groups is 1. The molecule has 1 heterocycles. The maximum Gasteiger partial charge on any atom is 0.261 e. The van der Waals surface area contributed by atoms with Gasteiger partial charge in [0.05, 0.1) is 11.5 Å². The molecule has 2 aromatic rings. The van der Waals surface area contributed by atoms with Crippen LogP contribution in [-0.2, 0) is 21.1 Å². The number of ether oxygens (including phenoxy) is 1. The molecule has 1 fully saturated rings. The van der Waals surface area contributed by atoms with Crippen LogP contribution in [0.15, 0.2) is 54.6 Å². The van der Waals surface area contributed by atoms with E-state index in [1.54, 1.807) is 4.90 Å². The van der Waals surface area contributed by atoms with Crippen molar-refractivity contribution in [2.24, 2.45) is 0 Å². The monoisotopic (exact) mass is 415 g/mol. The van der Waals surface area contributed by atoms with Crippen LogP contribution < -0.4 is 4.74 Å². The molecule has 2 atom stereocenters. The summed E-state index contributed by atoms with van der Waals surface area (Å²) in [5, 5.41) is 0. The summed E-state index contributed by atoms with van der Waals surface area (Å²) in [6, 6.07) is 17.6. The molecular weight excluding hydrogens is 386 g/mol. The molecule has 0 bridgehead atoms. The summed E-state index contributed by atoms with van der Waals surface area (Å²) in [7, 11) is -3.06. The van der Waals surface area contributed by atoms with Crippen LogP contribution in [0.5, 0.6) is 5.75 Å². The summed E-state index contributed by atoms with van der Waals surface area (Å²) >= 11 is 0. The van der Waals surface area contributed by atoms with Gasteiger partial charge in [0, 0.05) is 18.5 Å². The third kappa shape index (κ3) is 5.60. The Hall–Kier alpha value is -2.34. The van der Waals surface area contributed by atoms with Crippen LogP contribution in [0.1, 0.15) is 37.8 Å². The Bertz CT molecular complexity index is 927. The smallest absolute Gasteiger partial charge is 0.261 e. The Labute approximate surface area is 173 Å². The van der Waals surface area contributed by atoms with Crippen LogP contribution in [0.4, 0.5) is 0 Å². The third-order valence-corrected chi connectivity index (χ3v) is 7.27. The molecule has 1 saturated heterocycles.